The van der Waals surface area contributed by atoms with Crippen LogP contribution in [0.2, 0.25) is 0 Å². The van der Waals surface area contributed by atoms with E-state index >= 15 is 0 Å². The molecule has 2 aromatic carbocycles. The predicted octanol–water partition coefficient (Wildman–Crippen LogP) is 3.16. The standard InChI is InChI=1S/C29H34N7O/c1-34-15-5-8-23(34)20-37-29-32-26-19-35(27-10-4-7-21-6-2-3-9-24(21)27)16-12-25(26)28(33-29)36-17-14-31-22(18-36)11-13-30/h2-3,6-7,9-10,22-23,31H,5,8,11-12,14-20H2,1H3/t22-,23-/m0/s1. The number of nitriles is 1. The van der Waals surface area contributed by atoms with Crippen LogP contribution < -0.4 is 19.9 Å². The minimum absolute atomic E-state index is 0.146. The Morgan fingerprint density at radius 3 is 2.95 bits per heavy atom. The molecule has 1 radical (unpaired) electrons. The minimum atomic E-state index is 0.146. The average molecular weight is 497 g/mol. The number of nitrogens with zero attached hydrogens (tertiary/aromatic N) is 6. The topological polar surface area (TPSA) is 80.5 Å². The number of likely N-dealkylation sites (tertiary alicyclic amines) is 1. The summed E-state index contributed by atoms with van der Waals surface area (Å²) in [4.78, 5) is 17.0. The van der Waals surface area contributed by atoms with E-state index in [1.807, 2.05) is 6.07 Å². The molecule has 0 saturated carbocycles. The van der Waals surface area contributed by atoms with Crippen LogP contribution in [0.5, 0.6) is 6.01 Å². The number of benzene rings is 2. The van der Waals surface area contributed by atoms with Gasteiger partial charge in [-0.25, -0.2) is 0 Å². The molecule has 6 rings (SSSR count). The lowest BCUT2D eigenvalue weighted by Gasteiger charge is -2.37. The molecule has 3 aliphatic rings. The Morgan fingerprint density at radius 1 is 1.16 bits per heavy atom. The summed E-state index contributed by atoms with van der Waals surface area (Å²) in [6, 6.07) is 19.3. The zero-order chi connectivity index (χ0) is 25.2. The van der Waals surface area contributed by atoms with Gasteiger partial charge in [0.2, 0.25) is 0 Å². The van der Waals surface area contributed by atoms with Crippen molar-refractivity contribution in [2.24, 2.45) is 0 Å². The van der Waals surface area contributed by atoms with Crippen molar-refractivity contribution in [2.45, 2.75) is 44.3 Å². The Kier molecular flexibility index (Phi) is 6.81. The SMILES string of the molecule is CN1CCC[C@H]1COc1nc2c(c(N3CCN[C@@H](CC#N)C3)n1)CCN(c1c[c]cc3ccccc13)C2. The summed E-state index contributed by atoms with van der Waals surface area (Å²) in [6.45, 7) is 5.79. The lowest BCUT2D eigenvalue weighted by atomic mass is 10.0. The van der Waals surface area contributed by atoms with Gasteiger partial charge in [0.15, 0.2) is 0 Å². The zero-order valence-corrected chi connectivity index (χ0v) is 21.5. The highest BCUT2D eigenvalue weighted by atomic mass is 16.5. The van der Waals surface area contributed by atoms with Crippen molar-refractivity contribution in [3.63, 3.8) is 0 Å². The van der Waals surface area contributed by atoms with E-state index in [4.69, 9.17) is 14.7 Å². The third-order valence-corrected chi connectivity index (χ3v) is 8.03. The number of likely N-dealkylation sites (N-methyl/N-ethyl adjacent to an activating group) is 1. The number of hydrogen-bond acceptors (Lipinski definition) is 8. The molecule has 1 N–H and O–H groups in total. The Morgan fingerprint density at radius 2 is 2.08 bits per heavy atom. The van der Waals surface area contributed by atoms with Gasteiger partial charge in [-0.2, -0.15) is 15.2 Å². The summed E-state index contributed by atoms with van der Waals surface area (Å²) < 4.78 is 6.26. The van der Waals surface area contributed by atoms with Crippen molar-refractivity contribution in [3.05, 3.63) is 53.7 Å². The van der Waals surface area contributed by atoms with E-state index in [-0.39, 0.29) is 6.04 Å². The normalized spacial score (nSPS) is 22.2. The van der Waals surface area contributed by atoms with Crippen LogP contribution in [0.1, 0.15) is 30.5 Å². The summed E-state index contributed by atoms with van der Waals surface area (Å²) in [5.41, 5.74) is 3.44. The third kappa shape index (κ3) is 4.94. The van der Waals surface area contributed by atoms with Crippen LogP contribution in [0.4, 0.5) is 11.5 Å². The molecule has 0 bridgehead atoms. The minimum Gasteiger partial charge on any atom is -0.462 e. The van der Waals surface area contributed by atoms with Crippen molar-refractivity contribution in [1.29, 1.82) is 5.26 Å². The lowest BCUT2D eigenvalue weighted by molar-refractivity contribution is 0.187. The number of piperazine rings is 1. The fourth-order valence-corrected chi connectivity index (χ4v) is 5.95. The van der Waals surface area contributed by atoms with E-state index < -0.39 is 0 Å². The highest BCUT2D eigenvalue weighted by Crippen LogP contribution is 2.34. The van der Waals surface area contributed by atoms with Gasteiger partial charge in [-0.05, 0) is 56.4 Å². The molecule has 2 fully saturated rings. The second-order valence-electron chi connectivity index (χ2n) is 10.4. The van der Waals surface area contributed by atoms with Crippen LogP contribution in [0.15, 0.2) is 36.4 Å². The van der Waals surface area contributed by atoms with E-state index in [0.29, 0.717) is 31.6 Å². The van der Waals surface area contributed by atoms with Crippen molar-refractivity contribution in [1.82, 2.24) is 20.2 Å². The van der Waals surface area contributed by atoms with Gasteiger partial charge in [-0.3, -0.25) is 0 Å². The average Bonchev–Trinajstić information content (AvgIpc) is 3.35. The molecule has 191 valence electrons. The molecule has 2 atom stereocenters. The Hall–Kier alpha value is -3.41. The number of fused-ring (bicyclic) bond motifs is 2. The van der Waals surface area contributed by atoms with Crippen LogP contribution in [-0.4, -0.2) is 73.3 Å². The van der Waals surface area contributed by atoms with Crippen LogP contribution in [0.3, 0.4) is 0 Å². The smallest absolute Gasteiger partial charge is 0.318 e. The summed E-state index contributed by atoms with van der Waals surface area (Å²) in [6.07, 6.45) is 3.71. The van der Waals surface area contributed by atoms with Gasteiger partial charge in [-0.1, -0.05) is 24.3 Å². The molecule has 0 spiro atoms. The summed E-state index contributed by atoms with van der Waals surface area (Å²) >= 11 is 0. The Balaban J connectivity index is 1.32. The molecule has 1 aromatic heterocycles. The number of rotatable bonds is 6. The Bertz CT molecular complexity index is 1300. The van der Waals surface area contributed by atoms with Gasteiger partial charge in [0.1, 0.15) is 12.4 Å². The second-order valence-corrected chi connectivity index (χ2v) is 10.4. The van der Waals surface area contributed by atoms with Crippen LogP contribution >= 0.6 is 0 Å². The number of ether oxygens (including phenoxy) is 1. The van der Waals surface area contributed by atoms with Crippen molar-refractivity contribution >= 4 is 22.3 Å². The summed E-state index contributed by atoms with van der Waals surface area (Å²) in [5, 5.41) is 15.2. The molecular formula is C29H34N7O. The molecule has 0 unspecified atom stereocenters. The molecule has 8 heteroatoms. The van der Waals surface area contributed by atoms with Crippen LogP contribution in [-0.2, 0) is 13.0 Å². The monoisotopic (exact) mass is 496 g/mol. The first kappa shape index (κ1) is 24.0. The van der Waals surface area contributed by atoms with Gasteiger partial charge in [0, 0.05) is 54.9 Å². The third-order valence-electron chi connectivity index (χ3n) is 8.03. The molecule has 37 heavy (non-hydrogen) atoms. The molecule has 2 saturated heterocycles. The van der Waals surface area contributed by atoms with Gasteiger partial charge in [-0.15, -0.1) is 0 Å². The molecule has 8 nitrogen and oxygen atoms in total. The molecular weight excluding hydrogens is 462 g/mol. The number of hydrogen-bond donors (Lipinski definition) is 1. The first-order chi connectivity index (χ1) is 18.2. The number of anilines is 2. The second kappa shape index (κ2) is 10.5. The van der Waals surface area contributed by atoms with E-state index in [0.717, 1.165) is 57.1 Å². The first-order valence-electron chi connectivity index (χ1n) is 13.4. The van der Waals surface area contributed by atoms with Crippen LogP contribution in [0.25, 0.3) is 10.8 Å². The summed E-state index contributed by atoms with van der Waals surface area (Å²) in [5.74, 6) is 0.980. The van der Waals surface area contributed by atoms with Crippen molar-refractivity contribution < 1.29 is 4.74 Å². The number of aromatic nitrogens is 2. The first-order valence-corrected chi connectivity index (χ1v) is 13.4. The highest BCUT2D eigenvalue weighted by Gasteiger charge is 2.29. The van der Waals surface area contributed by atoms with E-state index in [1.165, 1.54) is 28.4 Å². The van der Waals surface area contributed by atoms with E-state index in [2.05, 4.69) is 69.5 Å². The zero-order valence-electron chi connectivity index (χ0n) is 21.5. The maximum atomic E-state index is 9.25. The maximum absolute atomic E-state index is 9.25. The fourth-order valence-electron chi connectivity index (χ4n) is 5.95. The van der Waals surface area contributed by atoms with E-state index in [9.17, 15) is 5.26 Å². The summed E-state index contributed by atoms with van der Waals surface area (Å²) in [7, 11) is 2.16. The van der Waals surface area contributed by atoms with Gasteiger partial charge in [0.25, 0.3) is 0 Å². The lowest BCUT2D eigenvalue weighted by Crippen LogP contribution is -2.51. The molecule has 0 aliphatic carbocycles. The molecule has 3 aromatic rings. The largest absolute Gasteiger partial charge is 0.462 e. The Labute approximate surface area is 218 Å². The van der Waals surface area contributed by atoms with Gasteiger partial charge in [0.05, 0.1) is 24.7 Å². The number of nitrogens with one attached hydrogen (secondary N) is 1. The van der Waals surface area contributed by atoms with Gasteiger partial charge < -0.3 is 24.8 Å². The molecule has 0 amide bonds. The quantitative estimate of drug-likeness (QED) is 0.558. The highest BCUT2D eigenvalue weighted by molar-refractivity contribution is 5.94. The van der Waals surface area contributed by atoms with E-state index in [1.54, 1.807) is 0 Å². The van der Waals surface area contributed by atoms with Gasteiger partial charge >= 0.3 is 6.01 Å². The van der Waals surface area contributed by atoms with Crippen molar-refractivity contribution in [3.8, 4) is 12.1 Å². The van der Waals surface area contributed by atoms with Crippen molar-refractivity contribution in [2.75, 3.05) is 56.2 Å². The maximum Gasteiger partial charge on any atom is 0.318 e. The predicted molar refractivity (Wildman–Crippen MR) is 145 cm³/mol. The molecule has 4 heterocycles. The van der Waals surface area contributed by atoms with Crippen LogP contribution in [0, 0.1) is 17.4 Å². The molecule has 3 aliphatic heterocycles. The fraction of sp³-hybridized carbons (Fsp3) is 0.483.